The Morgan fingerprint density at radius 1 is 1.35 bits per heavy atom. The van der Waals surface area contributed by atoms with Crippen LogP contribution in [0.15, 0.2) is 18.2 Å². The van der Waals surface area contributed by atoms with Crippen LogP contribution in [0.3, 0.4) is 0 Å². The van der Waals surface area contributed by atoms with E-state index < -0.39 is 23.6 Å². The van der Waals surface area contributed by atoms with E-state index in [-0.39, 0.29) is 12.2 Å². The van der Waals surface area contributed by atoms with Crippen LogP contribution in [-0.4, -0.2) is 20.8 Å². The van der Waals surface area contributed by atoms with Crippen molar-refractivity contribution in [3.8, 4) is 0 Å². The fraction of sp³-hybridized carbons (Fsp3) is 0.455. The monoisotopic (exact) mass is 251 g/mol. The molecule has 0 bridgehead atoms. The van der Waals surface area contributed by atoms with Crippen molar-refractivity contribution in [1.82, 2.24) is 5.32 Å². The number of likely N-dealkylation sites (N-methyl/N-ethyl adjacent to an activating group) is 1. The lowest BCUT2D eigenvalue weighted by Gasteiger charge is -2.18. The van der Waals surface area contributed by atoms with E-state index in [0.717, 1.165) is 18.2 Å². The Morgan fingerprint density at radius 3 is 2.47 bits per heavy atom. The number of benzene rings is 1. The fourth-order valence-electron chi connectivity index (χ4n) is 1.48. The summed E-state index contributed by atoms with van der Waals surface area (Å²) in [6, 6.07) is 1.73. The first-order valence-corrected chi connectivity index (χ1v) is 4.93. The summed E-state index contributed by atoms with van der Waals surface area (Å²) in [4.78, 5) is 0. The van der Waals surface area contributed by atoms with Crippen LogP contribution in [0, 0.1) is 5.82 Å². The third-order valence-corrected chi connectivity index (χ3v) is 2.38. The largest absolute Gasteiger partial charge is 0.416 e. The Balaban J connectivity index is 3.13. The molecule has 17 heavy (non-hydrogen) atoms. The molecule has 1 atom stereocenters. The molecule has 0 fully saturated rings. The van der Waals surface area contributed by atoms with Crippen LogP contribution in [0.25, 0.3) is 0 Å². The van der Waals surface area contributed by atoms with Crippen LogP contribution in [0.4, 0.5) is 17.6 Å². The lowest BCUT2D eigenvalue weighted by molar-refractivity contribution is -0.137. The molecule has 0 saturated heterocycles. The Kier molecular flexibility index (Phi) is 4.47. The van der Waals surface area contributed by atoms with E-state index in [9.17, 15) is 17.6 Å². The highest BCUT2D eigenvalue weighted by Crippen LogP contribution is 2.31. The van der Waals surface area contributed by atoms with Crippen molar-refractivity contribution < 1.29 is 22.3 Å². The van der Waals surface area contributed by atoms with Gasteiger partial charge in [0.1, 0.15) is 5.82 Å². The molecule has 2 nitrogen and oxygen atoms in total. The molecule has 0 saturated carbocycles. The molecule has 96 valence electrons. The second-order valence-electron chi connectivity index (χ2n) is 3.53. The summed E-state index contributed by atoms with van der Waals surface area (Å²) in [5.41, 5.74) is -0.922. The van der Waals surface area contributed by atoms with Crippen molar-refractivity contribution in [2.24, 2.45) is 0 Å². The summed E-state index contributed by atoms with van der Waals surface area (Å²) in [5, 5.41) is 2.71. The smallest absolute Gasteiger partial charge is 0.383 e. The van der Waals surface area contributed by atoms with E-state index in [1.165, 1.54) is 14.2 Å². The van der Waals surface area contributed by atoms with E-state index in [1.54, 1.807) is 0 Å². The molecule has 6 heteroatoms. The molecular formula is C11H13F4NO. The number of methoxy groups -OCH3 is 1. The number of halogens is 4. The van der Waals surface area contributed by atoms with Gasteiger partial charge in [-0.05, 0) is 25.2 Å². The van der Waals surface area contributed by atoms with Crippen LogP contribution in [0.1, 0.15) is 17.2 Å². The fourth-order valence-corrected chi connectivity index (χ4v) is 1.48. The molecule has 0 aliphatic carbocycles. The number of hydrogen-bond donors (Lipinski definition) is 1. The summed E-state index contributed by atoms with van der Waals surface area (Å²) in [6.45, 7) is 0.0920. The van der Waals surface area contributed by atoms with Gasteiger partial charge in [-0.3, -0.25) is 0 Å². The van der Waals surface area contributed by atoms with E-state index in [4.69, 9.17) is 4.74 Å². The zero-order chi connectivity index (χ0) is 13.1. The number of ether oxygens (including phenoxy) is 1. The van der Waals surface area contributed by atoms with Gasteiger partial charge in [0.05, 0.1) is 18.2 Å². The molecule has 1 aromatic carbocycles. The van der Waals surface area contributed by atoms with Gasteiger partial charge in [-0.25, -0.2) is 4.39 Å². The standard InChI is InChI=1S/C11H13F4NO/c1-16-10(6-17-2)8-5-7(11(13,14)15)3-4-9(8)12/h3-5,10,16H,6H2,1-2H3. The molecular weight excluding hydrogens is 238 g/mol. The first-order chi connectivity index (χ1) is 7.90. The maximum atomic E-state index is 13.5. The molecule has 0 heterocycles. The van der Waals surface area contributed by atoms with Gasteiger partial charge < -0.3 is 10.1 Å². The third-order valence-electron chi connectivity index (χ3n) is 2.38. The van der Waals surface area contributed by atoms with Crippen LogP contribution >= 0.6 is 0 Å². The highest BCUT2D eigenvalue weighted by molar-refractivity contribution is 5.29. The number of alkyl halides is 3. The minimum Gasteiger partial charge on any atom is -0.383 e. The molecule has 0 aliphatic heterocycles. The molecule has 1 unspecified atom stereocenters. The summed E-state index contributed by atoms with van der Waals surface area (Å²) >= 11 is 0. The Morgan fingerprint density at radius 2 is 2.00 bits per heavy atom. The number of rotatable bonds is 4. The Hall–Kier alpha value is -1.14. The Bertz CT molecular complexity index is 378. The molecule has 0 radical (unpaired) electrons. The van der Waals surface area contributed by atoms with Gasteiger partial charge in [0.2, 0.25) is 0 Å². The van der Waals surface area contributed by atoms with Gasteiger partial charge in [0.25, 0.3) is 0 Å². The van der Waals surface area contributed by atoms with E-state index in [1.807, 2.05) is 0 Å². The molecule has 0 spiro atoms. The Labute approximate surface area is 96.6 Å². The average Bonchev–Trinajstić information content (AvgIpc) is 2.25. The maximum absolute atomic E-state index is 13.5. The molecule has 0 aliphatic rings. The molecule has 1 N–H and O–H groups in total. The number of hydrogen-bond acceptors (Lipinski definition) is 2. The lowest BCUT2D eigenvalue weighted by atomic mass is 10.0. The van der Waals surface area contributed by atoms with E-state index in [0.29, 0.717) is 0 Å². The van der Waals surface area contributed by atoms with Crippen LogP contribution in [-0.2, 0) is 10.9 Å². The lowest BCUT2D eigenvalue weighted by Crippen LogP contribution is -2.23. The van der Waals surface area contributed by atoms with Gasteiger partial charge in [-0.1, -0.05) is 0 Å². The summed E-state index contributed by atoms with van der Waals surface area (Å²) in [6.07, 6.45) is -4.48. The van der Waals surface area contributed by atoms with Crippen molar-refractivity contribution in [2.45, 2.75) is 12.2 Å². The minimum atomic E-state index is -4.48. The highest BCUT2D eigenvalue weighted by Gasteiger charge is 2.31. The van der Waals surface area contributed by atoms with Crippen molar-refractivity contribution in [2.75, 3.05) is 20.8 Å². The topological polar surface area (TPSA) is 21.3 Å². The summed E-state index contributed by atoms with van der Waals surface area (Å²) in [7, 11) is 2.93. The predicted molar refractivity (Wildman–Crippen MR) is 55.1 cm³/mol. The van der Waals surface area contributed by atoms with Crippen molar-refractivity contribution in [1.29, 1.82) is 0 Å². The van der Waals surface area contributed by atoms with Crippen LogP contribution in [0.2, 0.25) is 0 Å². The van der Waals surface area contributed by atoms with Crippen LogP contribution < -0.4 is 5.32 Å². The van der Waals surface area contributed by atoms with E-state index >= 15 is 0 Å². The molecule has 1 rings (SSSR count). The second kappa shape index (κ2) is 5.46. The first-order valence-electron chi connectivity index (χ1n) is 4.93. The number of nitrogens with one attached hydrogen (secondary N) is 1. The second-order valence-corrected chi connectivity index (χ2v) is 3.53. The van der Waals surface area contributed by atoms with Gasteiger partial charge >= 0.3 is 6.18 Å². The highest BCUT2D eigenvalue weighted by atomic mass is 19.4. The van der Waals surface area contributed by atoms with Gasteiger partial charge in [0.15, 0.2) is 0 Å². The van der Waals surface area contributed by atoms with Crippen molar-refractivity contribution >= 4 is 0 Å². The molecule has 1 aromatic rings. The van der Waals surface area contributed by atoms with Crippen molar-refractivity contribution in [3.63, 3.8) is 0 Å². The molecule has 0 aromatic heterocycles. The third kappa shape index (κ3) is 3.41. The molecule has 0 amide bonds. The average molecular weight is 251 g/mol. The van der Waals surface area contributed by atoms with E-state index in [2.05, 4.69) is 5.32 Å². The van der Waals surface area contributed by atoms with Gasteiger partial charge in [0, 0.05) is 12.7 Å². The maximum Gasteiger partial charge on any atom is 0.416 e. The van der Waals surface area contributed by atoms with Crippen LogP contribution in [0.5, 0.6) is 0 Å². The normalized spacial score (nSPS) is 13.8. The quantitative estimate of drug-likeness (QED) is 0.831. The minimum absolute atomic E-state index is 0.0517. The zero-order valence-electron chi connectivity index (χ0n) is 9.44. The van der Waals surface area contributed by atoms with Gasteiger partial charge in [-0.15, -0.1) is 0 Å². The summed E-state index contributed by atoms with van der Waals surface area (Å²) < 4.78 is 55.7. The van der Waals surface area contributed by atoms with Gasteiger partial charge in [-0.2, -0.15) is 13.2 Å². The van der Waals surface area contributed by atoms with Crippen molar-refractivity contribution in [3.05, 3.63) is 35.1 Å². The zero-order valence-corrected chi connectivity index (χ0v) is 9.44. The first kappa shape index (κ1) is 13.9. The SMILES string of the molecule is CNC(COC)c1cc(C(F)(F)F)ccc1F. The predicted octanol–water partition coefficient (Wildman–Crippen LogP) is 2.75. The summed E-state index contributed by atoms with van der Waals surface area (Å²) in [5.74, 6) is -0.686.